The van der Waals surface area contributed by atoms with Crippen molar-refractivity contribution in [2.24, 2.45) is 0 Å². The molecule has 8 nitrogen and oxygen atoms in total. The van der Waals surface area contributed by atoms with E-state index in [1.807, 2.05) is 0 Å². The molecule has 1 saturated heterocycles. The van der Waals surface area contributed by atoms with Crippen molar-refractivity contribution in [2.45, 2.75) is 25.1 Å². The fourth-order valence-electron chi connectivity index (χ4n) is 2.96. The van der Waals surface area contributed by atoms with E-state index < -0.39 is 29.4 Å². The van der Waals surface area contributed by atoms with Gasteiger partial charge in [-0.05, 0) is 37.1 Å². The van der Waals surface area contributed by atoms with Gasteiger partial charge in [0.25, 0.3) is 5.91 Å². The number of nitrogens with zero attached hydrogens (tertiary/aromatic N) is 3. The Morgan fingerprint density at radius 3 is 2.37 bits per heavy atom. The molecule has 2 heterocycles. The van der Waals surface area contributed by atoms with Gasteiger partial charge in [0.2, 0.25) is 5.95 Å². The molecule has 1 aliphatic heterocycles. The number of rotatable bonds is 4. The van der Waals surface area contributed by atoms with Crippen molar-refractivity contribution in [1.29, 1.82) is 0 Å². The van der Waals surface area contributed by atoms with Gasteiger partial charge in [0.05, 0.1) is 5.56 Å². The summed E-state index contributed by atoms with van der Waals surface area (Å²) in [5.74, 6) is -1.29. The van der Waals surface area contributed by atoms with Crippen LogP contribution in [0, 0.1) is 0 Å². The number of halogens is 4. The first-order valence-electron chi connectivity index (χ1n) is 8.89. The molecule has 160 valence electrons. The zero-order valence-corrected chi connectivity index (χ0v) is 16.2. The van der Waals surface area contributed by atoms with Crippen LogP contribution in [0.4, 0.5) is 29.6 Å². The summed E-state index contributed by atoms with van der Waals surface area (Å²) in [5.41, 5.74) is -1.82. The molecule has 0 saturated carbocycles. The minimum atomic E-state index is -4.88. The van der Waals surface area contributed by atoms with Crippen LogP contribution in [0.2, 0.25) is 5.02 Å². The van der Waals surface area contributed by atoms with Crippen molar-refractivity contribution >= 4 is 35.2 Å². The molecule has 0 unspecified atom stereocenters. The molecule has 1 aromatic carbocycles. The standard InChI is InChI=1S/C18H17ClF3N5O3/c19-10-1-3-11(4-2-10)24-15(28)13-9-23-16(26-14(13)18(20,21)22)25-12-5-7-27(8-6-12)17(29)30/h1-4,9,12H,5-8H2,(H,24,28)(H,29,30)(H,23,25,26). The van der Waals surface area contributed by atoms with E-state index >= 15 is 0 Å². The lowest BCUT2D eigenvalue weighted by Crippen LogP contribution is -2.42. The molecule has 3 N–H and O–H groups in total. The topological polar surface area (TPSA) is 107 Å². The van der Waals surface area contributed by atoms with Gasteiger partial charge in [0.15, 0.2) is 5.69 Å². The summed E-state index contributed by atoms with van der Waals surface area (Å²) in [7, 11) is 0. The number of carbonyl (C=O) groups is 2. The third-order valence-corrected chi connectivity index (χ3v) is 4.75. The van der Waals surface area contributed by atoms with Crippen LogP contribution >= 0.6 is 11.6 Å². The fourth-order valence-corrected chi connectivity index (χ4v) is 3.09. The maximum atomic E-state index is 13.5. The molecular weight excluding hydrogens is 427 g/mol. The molecule has 12 heteroatoms. The van der Waals surface area contributed by atoms with Crippen LogP contribution in [0.25, 0.3) is 0 Å². The Morgan fingerprint density at radius 1 is 1.17 bits per heavy atom. The molecule has 30 heavy (non-hydrogen) atoms. The summed E-state index contributed by atoms with van der Waals surface area (Å²) in [6.45, 7) is 0.501. The Kier molecular flexibility index (Phi) is 6.30. The first kappa shape index (κ1) is 21.6. The summed E-state index contributed by atoms with van der Waals surface area (Å²) in [6.07, 6.45) is -4.31. The van der Waals surface area contributed by atoms with Gasteiger partial charge in [0.1, 0.15) is 0 Å². The molecule has 0 radical (unpaired) electrons. The quantitative estimate of drug-likeness (QED) is 0.660. The van der Waals surface area contributed by atoms with Gasteiger partial charge in [-0.2, -0.15) is 13.2 Å². The second kappa shape index (κ2) is 8.74. The number of amides is 2. The maximum Gasteiger partial charge on any atom is 0.434 e. The SMILES string of the molecule is O=C(Nc1ccc(Cl)cc1)c1cnc(NC2CCN(C(=O)O)CC2)nc1C(F)(F)F. The molecule has 1 fully saturated rings. The van der Waals surface area contributed by atoms with Crippen LogP contribution in [0.5, 0.6) is 0 Å². The highest BCUT2D eigenvalue weighted by Gasteiger charge is 2.38. The molecular formula is C18H17ClF3N5O3. The van der Waals surface area contributed by atoms with Crippen LogP contribution in [0.15, 0.2) is 30.5 Å². The predicted molar refractivity (Wildman–Crippen MR) is 103 cm³/mol. The van der Waals surface area contributed by atoms with Crippen molar-refractivity contribution in [3.05, 3.63) is 46.7 Å². The zero-order chi connectivity index (χ0) is 21.9. The number of piperidine rings is 1. The number of alkyl halides is 3. The van der Waals surface area contributed by atoms with E-state index in [2.05, 4.69) is 20.6 Å². The Balaban J connectivity index is 1.76. The summed E-state index contributed by atoms with van der Waals surface area (Å²) >= 11 is 5.75. The fraction of sp³-hybridized carbons (Fsp3) is 0.333. The van der Waals surface area contributed by atoms with E-state index in [1.54, 1.807) is 0 Å². The number of carbonyl (C=O) groups excluding carboxylic acids is 1. The number of hydrogen-bond donors (Lipinski definition) is 3. The Bertz CT molecular complexity index is 932. The lowest BCUT2D eigenvalue weighted by atomic mass is 10.1. The second-order valence-electron chi connectivity index (χ2n) is 6.60. The minimum Gasteiger partial charge on any atom is -0.465 e. The van der Waals surface area contributed by atoms with E-state index in [-0.39, 0.29) is 30.8 Å². The Labute approximate surface area is 174 Å². The van der Waals surface area contributed by atoms with Gasteiger partial charge in [-0.1, -0.05) is 11.6 Å². The number of likely N-dealkylation sites (tertiary alicyclic amines) is 1. The average molecular weight is 444 g/mol. The number of carboxylic acid groups (broad SMARTS) is 1. The number of anilines is 2. The third-order valence-electron chi connectivity index (χ3n) is 4.50. The molecule has 0 spiro atoms. The Hall–Kier alpha value is -3.08. The second-order valence-corrected chi connectivity index (χ2v) is 7.04. The molecule has 0 atom stereocenters. The molecule has 2 aromatic rings. The zero-order valence-electron chi connectivity index (χ0n) is 15.4. The van der Waals surface area contributed by atoms with Gasteiger partial charge >= 0.3 is 12.3 Å². The summed E-state index contributed by atoms with van der Waals surface area (Å²) in [6, 6.07) is 5.60. The lowest BCUT2D eigenvalue weighted by molar-refractivity contribution is -0.141. The van der Waals surface area contributed by atoms with Gasteiger partial charge in [-0.25, -0.2) is 14.8 Å². The van der Waals surface area contributed by atoms with E-state index in [0.717, 1.165) is 6.20 Å². The number of hydrogen-bond acceptors (Lipinski definition) is 5. The number of aromatic nitrogens is 2. The molecule has 1 aromatic heterocycles. The first-order chi connectivity index (χ1) is 14.1. The highest BCUT2D eigenvalue weighted by molar-refractivity contribution is 6.30. The van der Waals surface area contributed by atoms with Crippen molar-refractivity contribution in [3.63, 3.8) is 0 Å². The average Bonchev–Trinajstić information content (AvgIpc) is 2.69. The summed E-state index contributed by atoms with van der Waals surface area (Å²) in [4.78, 5) is 31.9. The first-order valence-corrected chi connectivity index (χ1v) is 9.27. The molecule has 2 amide bonds. The molecule has 0 bridgehead atoms. The van der Waals surface area contributed by atoms with Gasteiger partial charge in [-0.15, -0.1) is 0 Å². The van der Waals surface area contributed by atoms with Crippen molar-refractivity contribution in [1.82, 2.24) is 14.9 Å². The van der Waals surface area contributed by atoms with Crippen LogP contribution in [0.3, 0.4) is 0 Å². The van der Waals surface area contributed by atoms with Crippen LogP contribution in [0.1, 0.15) is 28.9 Å². The number of nitrogens with one attached hydrogen (secondary N) is 2. The smallest absolute Gasteiger partial charge is 0.434 e. The maximum absolute atomic E-state index is 13.5. The van der Waals surface area contributed by atoms with Crippen LogP contribution < -0.4 is 10.6 Å². The molecule has 1 aliphatic rings. The highest BCUT2D eigenvalue weighted by Crippen LogP contribution is 2.31. The molecule has 0 aliphatic carbocycles. The van der Waals surface area contributed by atoms with Crippen LogP contribution in [-0.4, -0.2) is 51.1 Å². The monoisotopic (exact) mass is 443 g/mol. The molecule has 3 rings (SSSR count). The summed E-state index contributed by atoms with van der Waals surface area (Å²) in [5, 5.41) is 14.5. The normalized spacial score (nSPS) is 15.0. The van der Waals surface area contributed by atoms with Gasteiger partial charge in [-0.3, -0.25) is 4.79 Å². The lowest BCUT2D eigenvalue weighted by Gasteiger charge is -2.30. The van der Waals surface area contributed by atoms with Crippen molar-refractivity contribution < 1.29 is 27.9 Å². The van der Waals surface area contributed by atoms with E-state index in [9.17, 15) is 22.8 Å². The van der Waals surface area contributed by atoms with Crippen molar-refractivity contribution in [3.8, 4) is 0 Å². The largest absolute Gasteiger partial charge is 0.465 e. The summed E-state index contributed by atoms with van der Waals surface area (Å²) < 4.78 is 40.5. The van der Waals surface area contributed by atoms with Crippen LogP contribution in [-0.2, 0) is 6.18 Å². The number of benzene rings is 1. The minimum absolute atomic E-state index is 0.251. The van der Waals surface area contributed by atoms with Gasteiger partial charge < -0.3 is 20.6 Å². The third kappa shape index (κ3) is 5.29. The van der Waals surface area contributed by atoms with Gasteiger partial charge in [0, 0.05) is 36.0 Å². The van der Waals surface area contributed by atoms with E-state index in [1.165, 1.54) is 29.2 Å². The predicted octanol–water partition coefficient (Wildman–Crippen LogP) is 3.96. The van der Waals surface area contributed by atoms with E-state index in [0.29, 0.717) is 17.9 Å². The Morgan fingerprint density at radius 2 is 1.80 bits per heavy atom. The highest BCUT2D eigenvalue weighted by atomic mass is 35.5. The van der Waals surface area contributed by atoms with Crippen molar-refractivity contribution in [2.75, 3.05) is 23.7 Å². The van der Waals surface area contributed by atoms with E-state index in [4.69, 9.17) is 16.7 Å².